The largest absolute Gasteiger partial charge is 0.492 e. The number of nitrogens with zero attached hydrogens (tertiary/aromatic N) is 6. The Morgan fingerprint density at radius 1 is 0.812 bits per heavy atom. The summed E-state index contributed by atoms with van der Waals surface area (Å²) in [4.78, 5) is 1.58. The van der Waals surface area contributed by atoms with E-state index in [-0.39, 0.29) is 5.92 Å². The fraction of sp³-hybridized carbons (Fsp3) is 0.125. The highest BCUT2D eigenvalue weighted by atomic mass is 16.5. The molecule has 0 radical (unpaired) electrons. The van der Waals surface area contributed by atoms with E-state index < -0.39 is 0 Å². The van der Waals surface area contributed by atoms with Gasteiger partial charge in [-0.2, -0.15) is 4.80 Å². The monoisotopic (exact) mass is 422 g/mol. The van der Waals surface area contributed by atoms with Crippen molar-refractivity contribution in [3.05, 3.63) is 95.9 Å². The summed E-state index contributed by atoms with van der Waals surface area (Å²) in [5.74, 6) is 2.50. The number of fused-ring (bicyclic) bond motifs is 1. The molecule has 0 saturated heterocycles. The molecule has 5 aromatic rings. The average Bonchev–Trinajstić information content (AvgIpc) is 3.60. The molecule has 156 valence electrons. The molecule has 1 aliphatic heterocycles. The first kappa shape index (κ1) is 18.4. The van der Waals surface area contributed by atoms with Crippen molar-refractivity contribution in [2.45, 2.75) is 12.5 Å². The number of aromatic nitrogens is 6. The summed E-state index contributed by atoms with van der Waals surface area (Å²) in [5, 5.41) is 21.3. The molecule has 0 amide bonds. The molecule has 3 aromatic carbocycles. The van der Waals surface area contributed by atoms with Crippen LogP contribution in [0.2, 0.25) is 0 Å². The van der Waals surface area contributed by atoms with Crippen molar-refractivity contribution in [2.75, 3.05) is 6.61 Å². The Hall–Kier alpha value is -4.33. The predicted octanol–water partition coefficient (Wildman–Crippen LogP) is 3.96. The lowest BCUT2D eigenvalue weighted by Crippen LogP contribution is -2.03. The molecule has 8 nitrogen and oxygen atoms in total. The van der Waals surface area contributed by atoms with Crippen molar-refractivity contribution in [1.29, 1.82) is 0 Å². The van der Waals surface area contributed by atoms with Crippen molar-refractivity contribution in [3.63, 3.8) is 0 Å². The molecule has 0 aliphatic carbocycles. The third kappa shape index (κ3) is 3.41. The van der Waals surface area contributed by atoms with Crippen molar-refractivity contribution in [2.24, 2.45) is 0 Å². The van der Waals surface area contributed by atoms with Gasteiger partial charge in [-0.25, -0.2) is 0 Å². The molecule has 0 N–H and O–H groups in total. The predicted molar refractivity (Wildman–Crippen MR) is 116 cm³/mol. The van der Waals surface area contributed by atoms with Gasteiger partial charge in [0.25, 0.3) is 0 Å². The summed E-state index contributed by atoms with van der Waals surface area (Å²) in [6.45, 7) is 1.03. The number of benzene rings is 3. The molecular weight excluding hydrogens is 404 g/mol. The van der Waals surface area contributed by atoms with Crippen LogP contribution in [0.4, 0.5) is 0 Å². The molecule has 1 aliphatic rings. The Morgan fingerprint density at radius 2 is 1.62 bits per heavy atom. The fourth-order valence-corrected chi connectivity index (χ4v) is 3.79. The number of para-hydroxylation sites is 1. The molecule has 3 heterocycles. The summed E-state index contributed by atoms with van der Waals surface area (Å²) in [6, 6.07) is 25.7. The SMILES string of the molecule is c1ccc(-c2nnn(Cc3ccc(-c4nnc(C5COc6ccccc65)o4)cc3)n2)cc1. The summed E-state index contributed by atoms with van der Waals surface area (Å²) in [7, 11) is 0. The number of rotatable bonds is 5. The number of hydrogen-bond donors (Lipinski definition) is 0. The lowest BCUT2D eigenvalue weighted by atomic mass is 10.0. The van der Waals surface area contributed by atoms with Crippen LogP contribution in [-0.4, -0.2) is 37.0 Å². The summed E-state index contributed by atoms with van der Waals surface area (Å²) in [5.41, 5.74) is 3.92. The molecule has 0 fully saturated rings. The lowest BCUT2D eigenvalue weighted by Gasteiger charge is -2.03. The van der Waals surface area contributed by atoms with Crippen molar-refractivity contribution < 1.29 is 9.15 Å². The minimum Gasteiger partial charge on any atom is -0.492 e. The summed E-state index contributed by atoms with van der Waals surface area (Å²) < 4.78 is 11.7. The van der Waals surface area contributed by atoms with Crippen LogP contribution in [0.3, 0.4) is 0 Å². The van der Waals surface area contributed by atoms with Crippen LogP contribution in [0.15, 0.2) is 83.3 Å². The van der Waals surface area contributed by atoms with Gasteiger partial charge in [0.05, 0.1) is 12.5 Å². The van der Waals surface area contributed by atoms with E-state index in [1.807, 2.05) is 78.9 Å². The highest BCUT2D eigenvalue weighted by Crippen LogP contribution is 2.37. The molecule has 8 heteroatoms. The van der Waals surface area contributed by atoms with Crippen LogP contribution >= 0.6 is 0 Å². The third-order valence-electron chi connectivity index (χ3n) is 5.45. The van der Waals surface area contributed by atoms with Crippen LogP contribution in [0, 0.1) is 0 Å². The van der Waals surface area contributed by atoms with Crippen LogP contribution in [0.1, 0.15) is 22.9 Å². The van der Waals surface area contributed by atoms with Gasteiger partial charge in [-0.15, -0.1) is 20.4 Å². The van der Waals surface area contributed by atoms with E-state index in [0.717, 1.165) is 28.0 Å². The van der Waals surface area contributed by atoms with Crippen molar-refractivity contribution >= 4 is 0 Å². The van der Waals surface area contributed by atoms with Crippen LogP contribution in [0.25, 0.3) is 22.8 Å². The highest BCUT2D eigenvalue weighted by molar-refractivity contribution is 5.54. The fourth-order valence-electron chi connectivity index (χ4n) is 3.79. The zero-order chi connectivity index (χ0) is 21.3. The van der Waals surface area contributed by atoms with Crippen molar-refractivity contribution in [3.8, 4) is 28.6 Å². The maximum atomic E-state index is 5.98. The smallest absolute Gasteiger partial charge is 0.247 e. The van der Waals surface area contributed by atoms with Crippen LogP contribution < -0.4 is 4.74 Å². The van der Waals surface area contributed by atoms with E-state index in [0.29, 0.717) is 30.8 Å². The van der Waals surface area contributed by atoms with Gasteiger partial charge in [-0.05, 0) is 29.0 Å². The number of tetrazole rings is 1. The maximum absolute atomic E-state index is 5.98. The highest BCUT2D eigenvalue weighted by Gasteiger charge is 2.30. The Balaban J connectivity index is 1.17. The van der Waals surface area contributed by atoms with E-state index in [1.165, 1.54) is 0 Å². The average molecular weight is 422 g/mol. The van der Waals surface area contributed by atoms with Gasteiger partial charge in [-0.3, -0.25) is 0 Å². The maximum Gasteiger partial charge on any atom is 0.247 e. The Morgan fingerprint density at radius 3 is 2.50 bits per heavy atom. The molecule has 0 spiro atoms. The molecule has 1 unspecified atom stereocenters. The minimum absolute atomic E-state index is 0.0380. The van der Waals surface area contributed by atoms with Gasteiger partial charge in [0.1, 0.15) is 12.4 Å². The minimum atomic E-state index is -0.0380. The van der Waals surface area contributed by atoms with Crippen LogP contribution in [0.5, 0.6) is 5.75 Å². The normalized spacial score (nSPS) is 14.8. The summed E-state index contributed by atoms with van der Waals surface area (Å²) >= 11 is 0. The third-order valence-corrected chi connectivity index (χ3v) is 5.45. The molecular formula is C24H18N6O2. The first-order valence-corrected chi connectivity index (χ1v) is 10.3. The van der Waals surface area contributed by atoms with Gasteiger partial charge in [-0.1, -0.05) is 60.7 Å². The van der Waals surface area contributed by atoms with E-state index in [1.54, 1.807) is 4.80 Å². The van der Waals surface area contributed by atoms with E-state index in [2.05, 4.69) is 25.6 Å². The zero-order valence-corrected chi connectivity index (χ0v) is 17.0. The lowest BCUT2D eigenvalue weighted by molar-refractivity contribution is 0.325. The first-order valence-electron chi connectivity index (χ1n) is 10.3. The Labute approximate surface area is 183 Å². The van der Waals surface area contributed by atoms with Gasteiger partial charge < -0.3 is 9.15 Å². The Bertz CT molecular complexity index is 1360. The molecule has 0 saturated carbocycles. The van der Waals surface area contributed by atoms with Gasteiger partial charge in [0.2, 0.25) is 17.6 Å². The quantitative estimate of drug-likeness (QED) is 0.423. The second kappa shape index (κ2) is 7.73. The molecule has 32 heavy (non-hydrogen) atoms. The second-order valence-corrected chi connectivity index (χ2v) is 7.55. The number of hydrogen-bond acceptors (Lipinski definition) is 7. The zero-order valence-electron chi connectivity index (χ0n) is 17.0. The van der Waals surface area contributed by atoms with E-state index in [4.69, 9.17) is 9.15 Å². The van der Waals surface area contributed by atoms with Gasteiger partial charge in [0, 0.05) is 16.7 Å². The van der Waals surface area contributed by atoms with Crippen LogP contribution in [-0.2, 0) is 6.54 Å². The standard InChI is InChI=1S/C24H18N6O2/c1-2-6-17(7-3-1)22-25-29-30(28-22)14-16-10-12-18(13-11-16)23-26-27-24(32-23)20-15-31-21-9-5-4-8-19(20)21/h1-13,20H,14-15H2. The van der Waals surface area contributed by atoms with Gasteiger partial charge >= 0.3 is 0 Å². The molecule has 2 aromatic heterocycles. The molecule has 1 atom stereocenters. The summed E-state index contributed by atoms with van der Waals surface area (Å²) in [6.07, 6.45) is 0. The Kier molecular flexibility index (Phi) is 4.46. The second-order valence-electron chi connectivity index (χ2n) is 7.55. The molecule has 6 rings (SSSR count). The van der Waals surface area contributed by atoms with E-state index in [9.17, 15) is 0 Å². The van der Waals surface area contributed by atoms with E-state index >= 15 is 0 Å². The van der Waals surface area contributed by atoms with Crippen molar-refractivity contribution in [1.82, 2.24) is 30.4 Å². The number of ether oxygens (including phenoxy) is 1. The topological polar surface area (TPSA) is 91.8 Å². The first-order chi connectivity index (χ1) is 15.8. The van der Waals surface area contributed by atoms with Gasteiger partial charge in [0.15, 0.2) is 0 Å². The molecule has 0 bridgehead atoms.